The predicted molar refractivity (Wildman–Crippen MR) is 397 cm³/mol. The van der Waals surface area contributed by atoms with E-state index in [1.807, 2.05) is 82.1 Å². The van der Waals surface area contributed by atoms with Crippen molar-refractivity contribution < 1.29 is 96.2 Å². The minimum absolute atomic E-state index is 0.0556. The molecule has 1 aromatic heterocycles. The van der Waals surface area contributed by atoms with Gasteiger partial charge in [0.25, 0.3) is 23.6 Å². The second-order valence-corrected chi connectivity index (χ2v) is 31.6. The summed E-state index contributed by atoms with van der Waals surface area (Å²) in [5.41, 5.74) is 5.03. The van der Waals surface area contributed by atoms with Gasteiger partial charge in [-0.3, -0.25) is 72.3 Å². The van der Waals surface area contributed by atoms with Crippen LogP contribution in [0.1, 0.15) is 161 Å². The van der Waals surface area contributed by atoms with Crippen LogP contribution in [-0.4, -0.2) is 202 Å². The first-order valence-electron chi connectivity index (χ1n) is 31.8. The smallest absolute Gasteiger partial charge is 0.330 e. The largest absolute Gasteiger partial charge is 0.446 e. The molecule has 0 saturated heterocycles. The maximum atomic E-state index is 12.0. The third kappa shape index (κ3) is 47.5. The minimum Gasteiger partial charge on any atom is -0.446 e. The molecule has 3 aliphatic carbocycles. The Morgan fingerprint density at radius 1 is 0.510 bits per heavy atom. The molecule has 554 valence electrons. The van der Waals surface area contributed by atoms with Crippen LogP contribution in [0.3, 0.4) is 0 Å². The molecule has 4 N–H and O–H groups in total. The number of nitrogens with two attached hydrogens (primary N) is 1. The van der Waals surface area contributed by atoms with E-state index in [0.717, 1.165) is 127 Å². The number of thioether (sulfide) groups is 3. The summed E-state index contributed by atoms with van der Waals surface area (Å²) < 4.78 is 14.4. The molecule has 0 aromatic carbocycles. The second kappa shape index (κ2) is 62.2. The highest BCUT2D eigenvalue weighted by atomic mass is 33.1. The standard InChI is InChI=1S/C15H17NO4S3.2C13H20O4S3.C6H5NO4.C5H11NO.C4H3NO3.C3H9N.C3H8.C2H6/c1-10(17)20-15-11(18)9-12(14(15)19)21-7-4-8-22-23-13-5-2-3-6-16-13;2*1-3-5-19-20-7-4-6-18-11-8-10(15)13(12(11)16)17-9(2)14;1-4(8)11-7-5(9)2-3-6(7)10;1-3-4-6-5(2)7;6-3-1-2-4(7)5(3)8;1-2-3-4;1-3-2;1-2/h2-3,5-6,12,15H,4,7-9H2,1H3;2*11,13H,3-8H2,1-2H3;2-3H,1H3;3-4H2,1-2H3,(H,6,7);1-2,8H;2-4H2,1H3;3H2,1-2H3;1-2H3. The molecule has 34 heteroatoms. The Balaban J connectivity index is -0.00000112. The number of pyridine rings is 1. The molecule has 6 rings (SSSR count). The monoisotopic (exact) mass is 1550 g/mol. The van der Waals surface area contributed by atoms with Crippen LogP contribution in [0.15, 0.2) is 53.7 Å². The van der Waals surface area contributed by atoms with E-state index in [1.165, 1.54) is 82.2 Å². The average Bonchev–Trinajstić information content (AvgIpc) is 1.71. The lowest BCUT2D eigenvalue weighted by atomic mass is 10.3. The third-order valence-corrected chi connectivity index (χ3v) is 22.6. The average molecular weight is 1550 g/mol. The first-order valence-corrected chi connectivity index (χ1v) is 42.3. The molecule has 5 amide bonds. The van der Waals surface area contributed by atoms with Crippen molar-refractivity contribution in [2.24, 2.45) is 5.73 Å². The van der Waals surface area contributed by atoms with E-state index in [-0.39, 0.29) is 80.7 Å². The number of imide groups is 2. The van der Waals surface area contributed by atoms with E-state index in [4.69, 9.17) is 25.2 Å². The van der Waals surface area contributed by atoms with Gasteiger partial charge in [-0.15, -0.1) is 40.3 Å². The number of nitrogens with zero attached hydrogens (tertiary/aromatic N) is 3. The molecule has 98 heavy (non-hydrogen) atoms. The van der Waals surface area contributed by atoms with Crippen molar-refractivity contribution in [2.75, 3.05) is 59.1 Å². The summed E-state index contributed by atoms with van der Waals surface area (Å²) in [5, 5.41) is 11.4. The number of carbonyl (C=O) groups is 15. The van der Waals surface area contributed by atoms with Crippen LogP contribution in [0.4, 0.5) is 0 Å². The highest BCUT2D eigenvalue weighted by molar-refractivity contribution is 8.77. The van der Waals surface area contributed by atoms with Gasteiger partial charge in [0.2, 0.25) is 24.2 Å². The van der Waals surface area contributed by atoms with Crippen LogP contribution in [0.2, 0.25) is 0 Å². The summed E-state index contributed by atoms with van der Waals surface area (Å²) >= 11 is 4.49. The normalized spacial score (nSPS) is 18.4. The summed E-state index contributed by atoms with van der Waals surface area (Å²) in [6.45, 7) is 24.5. The Labute approximate surface area is 613 Å². The van der Waals surface area contributed by atoms with Crippen LogP contribution in [-0.2, 0) is 91.0 Å². The summed E-state index contributed by atoms with van der Waals surface area (Å²) in [7, 11) is 10.8. The molecular formula is C64H99N5O20S9. The van der Waals surface area contributed by atoms with Crippen molar-refractivity contribution in [1.29, 1.82) is 0 Å². The molecule has 0 radical (unpaired) electrons. The van der Waals surface area contributed by atoms with Gasteiger partial charge in [-0.2, -0.15) is 0 Å². The maximum Gasteiger partial charge on any atom is 0.330 e. The highest BCUT2D eigenvalue weighted by Crippen LogP contribution is 2.33. The van der Waals surface area contributed by atoms with Crippen LogP contribution in [0.25, 0.3) is 0 Å². The van der Waals surface area contributed by atoms with Crippen molar-refractivity contribution >= 4 is 188 Å². The van der Waals surface area contributed by atoms with Gasteiger partial charge in [0.05, 0.1) is 15.7 Å². The number of esters is 3. The van der Waals surface area contributed by atoms with Gasteiger partial charge in [-0.05, 0) is 91.7 Å². The highest BCUT2D eigenvalue weighted by Gasteiger charge is 2.45. The minimum atomic E-state index is -1.18. The molecule has 2 aliphatic heterocycles. The summed E-state index contributed by atoms with van der Waals surface area (Å²) in [5.74, 6) is 1.27. The number of carbonyl (C=O) groups excluding carboxylic acids is 15. The Morgan fingerprint density at radius 2 is 0.857 bits per heavy atom. The summed E-state index contributed by atoms with van der Waals surface area (Å²) in [4.78, 5) is 174. The number of hydrogen-bond acceptors (Lipinski definition) is 31. The van der Waals surface area contributed by atoms with Gasteiger partial charge in [0, 0.05) is 120 Å². The third-order valence-electron chi connectivity index (χ3n) is 10.9. The number of hydroxylamine groups is 4. The second-order valence-electron chi connectivity index (χ2n) is 19.9. The fourth-order valence-corrected chi connectivity index (χ4v) is 17.1. The van der Waals surface area contributed by atoms with Crippen molar-refractivity contribution in [3.63, 3.8) is 0 Å². The Morgan fingerprint density at radius 3 is 1.12 bits per heavy atom. The van der Waals surface area contributed by atoms with Crippen molar-refractivity contribution in [2.45, 2.75) is 200 Å². The molecule has 25 nitrogen and oxygen atoms in total. The van der Waals surface area contributed by atoms with Crippen LogP contribution >= 0.6 is 100 Å². The van der Waals surface area contributed by atoms with E-state index in [2.05, 4.69) is 49.8 Å². The first kappa shape index (κ1) is 97.5. The molecule has 3 saturated carbocycles. The van der Waals surface area contributed by atoms with Gasteiger partial charge < -0.3 is 30.1 Å². The van der Waals surface area contributed by atoms with E-state index in [9.17, 15) is 71.9 Å². The lowest BCUT2D eigenvalue weighted by Crippen LogP contribution is -2.31. The number of nitrogens with one attached hydrogen (secondary N) is 1. The van der Waals surface area contributed by atoms with Gasteiger partial charge in [0.15, 0.2) is 34.7 Å². The van der Waals surface area contributed by atoms with Gasteiger partial charge in [-0.1, -0.05) is 127 Å². The number of hydrogen-bond donors (Lipinski definition) is 3. The van der Waals surface area contributed by atoms with Crippen molar-refractivity contribution in [3.8, 4) is 0 Å². The zero-order chi connectivity index (χ0) is 75.0. The lowest BCUT2D eigenvalue weighted by molar-refractivity contribution is -0.194. The van der Waals surface area contributed by atoms with Gasteiger partial charge >= 0.3 is 23.9 Å². The summed E-state index contributed by atoms with van der Waals surface area (Å²) in [6, 6.07) is 5.80. The molecule has 0 spiro atoms. The lowest BCUT2D eigenvalue weighted by Gasteiger charge is -2.09. The van der Waals surface area contributed by atoms with Gasteiger partial charge in [0.1, 0.15) is 5.03 Å². The van der Waals surface area contributed by atoms with Crippen LogP contribution in [0, 0.1) is 0 Å². The number of ether oxygens (including phenoxy) is 3. The van der Waals surface area contributed by atoms with Gasteiger partial charge in [-0.25, -0.2) is 9.78 Å². The van der Waals surface area contributed by atoms with Crippen LogP contribution in [0.5, 0.6) is 0 Å². The number of amides is 5. The number of Topliss-reactive ketones (excluding diaryl/α,β-unsaturated/α-hetero) is 6. The summed E-state index contributed by atoms with van der Waals surface area (Å²) in [6.07, 6.45) is 11.6. The first-order chi connectivity index (χ1) is 46.6. The molecule has 6 atom stereocenters. The molecule has 0 bridgehead atoms. The molecule has 6 unspecified atom stereocenters. The number of ketones is 6. The SMILES string of the molecule is CC.CC(=O)OC1C(=O)CC(SCCCSSc2ccccn2)C1=O.CC(=O)ON1C(=O)C=CC1=O.CCC.CCCN.CCCNC(C)=O.CCCSSCCCSC1CC(=O)C(OC(C)=O)C1=O.CCCSSCCCSC1CC(=O)C(OC(C)=O)C1=O.O=C1C=CC(=O)N1O. The van der Waals surface area contributed by atoms with Crippen molar-refractivity contribution in [1.82, 2.24) is 20.4 Å². The van der Waals surface area contributed by atoms with E-state index in [1.54, 1.807) is 27.8 Å². The van der Waals surface area contributed by atoms with Crippen LogP contribution < -0.4 is 11.1 Å². The zero-order valence-electron chi connectivity index (χ0n) is 58.2. The molecular weight excluding hydrogens is 1450 g/mol. The Bertz CT molecular complexity index is 2590. The maximum absolute atomic E-state index is 12.0. The molecule has 5 aliphatic rings. The van der Waals surface area contributed by atoms with E-state index >= 15 is 0 Å². The number of rotatable bonds is 30. The van der Waals surface area contributed by atoms with E-state index in [0.29, 0.717) is 5.06 Å². The Kier molecular flexibility index (Phi) is 61.9. The van der Waals surface area contributed by atoms with E-state index < -0.39 is 65.8 Å². The van der Waals surface area contributed by atoms with Crippen molar-refractivity contribution in [3.05, 3.63) is 48.7 Å². The molecule has 3 heterocycles. The Hall–Kier alpha value is -4.65. The predicted octanol–water partition coefficient (Wildman–Crippen LogP) is 10.3. The number of aromatic nitrogens is 1. The fraction of sp³-hybridized carbons (Fsp3) is 0.625. The fourth-order valence-electron chi connectivity index (χ4n) is 6.68. The zero-order valence-corrected chi connectivity index (χ0v) is 65.6. The molecule has 1 aromatic rings. The topological polar surface area (TPSA) is 371 Å². The molecule has 3 fully saturated rings. The quantitative estimate of drug-likeness (QED) is 0.0122.